The van der Waals surface area contributed by atoms with Crippen molar-refractivity contribution in [3.63, 3.8) is 0 Å². The summed E-state index contributed by atoms with van der Waals surface area (Å²) in [5.74, 6) is 1.39. The number of nitrogens with zero attached hydrogens (tertiary/aromatic N) is 3. The van der Waals surface area contributed by atoms with E-state index in [0.29, 0.717) is 17.7 Å². The number of rotatable bonds is 0. The summed E-state index contributed by atoms with van der Waals surface area (Å²) in [4.78, 5) is 8.17. The van der Waals surface area contributed by atoms with Gasteiger partial charge in [-0.15, -0.1) is 0 Å². The van der Waals surface area contributed by atoms with Gasteiger partial charge in [0.05, 0.1) is 23.9 Å². The number of fused-ring (bicyclic) bond motifs is 4. The molecule has 0 saturated heterocycles. The van der Waals surface area contributed by atoms with E-state index in [9.17, 15) is 0 Å². The fraction of sp³-hybridized carbons (Fsp3) is 0.100. The van der Waals surface area contributed by atoms with Gasteiger partial charge in [0.2, 0.25) is 0 Å². The van der Waals surface area contributed by atoms with Gasteiger partial charge in [-0.05, 0) is 0 Å². The van der Waals surface area contributed by atoms with Crippen LogP contribution in [-0.4, -0.2) is 10.7 Å². The van der Waals surface area contributed by atoms with E-state index in [1.165, 1.54) is 6.20 Å². The maximum Gasteiger partial charge on any atom is 0.156 e. The molecule has 4 heteroatoms. The number of ether oxygens (including phenoxy) is 1. The predicted octanol–water partition coefficient (Wildman–Crippen LogP) is 1.38. The number of aliphatic imine (C=N–C) groups is 1. The largest absolute Gasteiger partial charge is 0.457 e. The Morgan fingerprint density at radius 3 is 3.21 bits per heavy atom. The molecule has 0 N–H and O–H groups in total. The number of pyridine rings is 1. The van der Waals surface area contributed by atoms with Crippen molar-refractivity contribution in [2.24, 2.45) is 4.99 Å². The minimum Gasteiger partial charge on any atom is -0.457 e. The van der Waals surface area contributed by atoms with E-state index in [2.05, 4.69) is 16.0 Å². The molecule has 2 aliphatic rings. The second-order valence-electron chi connectivity index (χ2n) is 3.13. The highest BCUT2D eigenvalue weighted by atomic mass is 16.5. The first-order chi connectivity index (χ1) is 6.88. The van der Waals surface area contributed by atoms with Gasteiger partial charge in [0.15, 0.2) is 5.75 Å². The van der Waals surface area contributed by atoms with Gasteiger partial charge < -0.3 is 4.74 Å². The van der Waals surface area contributed by atoms with Gasteiger partial charge >= 0.3 is 0 Å². The molecule has 14 heavy (non-hydrogen) atoms. The molecule has 0 radical (unpaired) electrons. The van der Waals surface area contributed by atoms with E-state index in [-0.39, 0.29) is 0 Å². The van der Waals surface area contributed by atoms with Crippen LogP contribution in [0.3, 0.4) is 0 Å². The molecule has 2 bridgehead atoms. The average molecular weight is 183 g/mol. The third-order valence-electron chi connectivity index (χ3n) is 2.27. The van der Waals surface area contributed by atoms with Crippen molar-refractivity contribution in [2.45, 2.75) is 6.42 Å². The molecule has 0 atom stereocenters. The molecular formula is C10H5N3O. The highest BCUT2D eigenvalue weighted by Crippen LogP contribution is 2.34. The van der Waals surface area contributed by atoms with Crippen molar-refractivity contribution < 1.29 is 4.74 Å². The van der Waals surface area contributed by atoms with Crippen molar-refractivity contribution in [1.82, 2.24) is 4.98 Å². The monoisotopic (exact) mass is 183 g/mol. The van der Waals surface area contributed by atoms with Crippen LogP contribution in [0, 0.1) is 11.3 Å². The van der Waals surface area contributed by atoms with E-state index in [0.717, 1.165) is 17.0 Å². The van der Waals surface area contributed by atoms with Crippen LogP contribution in [0.5, 0.6) is 5.75 Å². The second-order valence-corrected chi connectivity index (χ2v) is 3.13. The van der Waals surface area contributed by atoms with Crippen molar-refractivity contribution in [2.75, 3.05) is 0 Å². The van der Waals surface area contributed by atoms with Crippen LogP contribution in [0.4, 0.5) is 0 Å². The molecule has 2 aliphatic heterocycles. The summed E-state index contributed by atoms with van der Waals surface area (Å²) in [6.45, 7) is 0. The smallest absolute Gasteiger partial charge is 0.156 e. The Balaban J connectivity index is 2.29. The molecule has 0 amide bonds. The highest BCUT2D eigenvalue weighted by Gasteiger charge is 2.26. The molecule has 0 aromatic carbocycles. The van der Waals surface area contributed by atoms with Crippen molar-refractivity contribution in [3.05, 3.63) is 35.5 Å². The van der Waals surface area contributed by atoms with Crippen LogP contribution in [0.1, 0.15) is 17.5 Å². The van der Waals surface area contributed by atoms with Gasteiger partial charge in [-0.2, -0.15) is 5.26 Å². The minimum atomic E-state index is 0.461. The summed E-state index contributed by atoms with van der Waals surface area (Å²) >= 11 is 0. The first-order valence-corrected chi connectivity index (χ1v) is 4.20. The Bertz CT molecular complexity index is 523. The Hall–Kier alpha value is -2.15. The lowest BCUT2D eigenvalue weighted by atomic mass is 10.0. The van der Waals surface area contributed by atoms with Crippen molar-refractivity contribution in [1.29, 1.82) is 5.26 Å². The van der Waals surface area contributed by atoms with Gasteiger partial charge in [0.1, 0.15) is 17.4 Å². The molecule has 66 valence electrons. The van der Waals surface area contributed by atoms with Crippen molar-refractivity contribution in [3.8, 4) is 11.8 Å². The number of aromatic nitrogens is 1. The third-order valence-corrected chi connectivity index (χ3v) is 2.27. The molecule has 1 aromatic rings. The lowest BCUT2D eigenvalue weighted by Crippen LogP contribution is -2.12. The van der Waals surface area contributed by atoms with Gasteiger partial charge in [-0.25, -0.2) is 0 Å². The first kappa shape index (κ1) is 7.27. The molecule has 0 spiro atoms. The van der Waals surface area contributed by atoms with E-state index in [1.807, 2.05) is 0 Å². The Morgan fingerprint density at radius 2 is 2.36 bits per heavy atom. The maximum absolute atomic E-state index is 8.86. The van der Waals surface area contributed by atoms with Gasteiger partial charge in [0, 0.05) is 12.4 Å². The summed E-state index contributed by atoms with van der Waals surface area (Å²) in [5.41, 5.74) is 2.23. The molecule has 3 heterocycles. The fourth-order valence-corrected chi connectivity index (χ4v) is 1.61. The van der Waals surface area contributed by atoms with Crippen LogP contribution in [0.15, 0.2) is 29.3 Å². The standard InChI is InChI=1S/C10H5N3O/c11-2-6-3-12-5-8-9-1-7(4-13-9)14-10(6)8/h3-5H,1H2. The lowest BCUT2D eigenvalue weighted by molar-refractivity contribution is 0.411. The predicted molar refractivity (Wildman–Crippen MR) is 48.8 cm³/mol. The minimum absolute atomic E-state index is 0.461. The molecule has 0 aliphatic carbocycles. The summed E-state index contributed by atoms with van der Waals surface area (Å²) in [6.07, 6.45) is 5.59. The third kappa shape index (κ3) is 0.811. The Morgan fingerprint density at radius 1 is 1.43 bits per heavy atom. The second kappa shape index (κ2) is 2.42. The summed E-state index contributed by atoms with van der Waals surface area (Å²) in [6, 6.07) is 2.05. The zero-order chi connectivity index (χ0) is 9.54. The number of hydrogen-bond donors (Lipinski definition) is 0. The fourth-order valence-electron chi connectivity index (χ4n) is 1.61. The summed E-state index contributed by atoms with van der Waals surface area (Å²) in [5, 5.41) is 8.86. The van der Waals surface area contributed by atoms with E-state index in [4.69, 9.17) is 10.00 Å². The number of allylic oxidation sites excluding steroid dienone is 1. The zero-order valence-corrected chi connectivity index (χ0v) is 7.19. The molecule has 1 aromatic heterocycles. The van der Waals surface area contributed by atoms with Gasteiger partial charge in [-0.1, -0.05) is 0 Å². The molecule has 0 unspecified atom stereocenters. The van der Waals surface area contributed by atoms with Gasteiger partial charge in [-0.3, -0.25) is 9.98 Å². The van der Waals surface area contributed by atoms with Crippen LogP contribution in [0.2, 0.25) is 0 Å². The number of nitriles is 1. The first-order valence-electron chi connectivity index (χ1n) is 4.20. The molecular weight excluding hydrogens is 178 g/mol. The topological polar surface area (TPSA) is 58.3 Å². The highest BCUT2D eigenvalue weighted by molar-refractivity contribution is 6.07. The molecule has 3 rings (SSSR count). The maximum atomic E-state index is 8.86. The average Bonchev–Trinajstić information content (AvgIpc) is 2.61. The SMILES string of the molecule is N#Cc1cncc2c1OC1=CN=C2C1. The van der Waals surface area contributed by atoms with Crippen LogP contribution in [-0.2, 0) is 0 Å². The molecule has 0 fully saturated rings. The lowest BCUT2D eigenvalue weighted by Gasteiger charge is -2.16. The zero-order valence-electron chi connectivity index (χ0n) is 7.19. The molecule has 4 nitrogen and oxygen atoms in total. The van der Waals surface area contributed by atoms with Crippen LogP contribution in [0.25, 0.3) is 0 Å². The summed E-state index contributed by atoms with van der Waals surface area (Å²) in [7, 11) is 0. The van der Waals surface area contributed by atoms with E-state index < -0.39 is 0 Å². The van der Waals surface area contributed by atoms with E-state index in [1.54, 1.807) is 12.4 Å². The normalized spacial score (nSPS) is 16.2. The van der Waals surface area contributed by atoms with Crippen LogP contribution >= 0.6 is 0 Å². The number of hydrogen-bond acceptors (Lipinski definition) is 4. The van der Waals surface area contributed by atoms with Gasteiger partial charge in [0.25, 0.3) is 0 Å². The van der Waals surface area contributed by atoms with E-state index >= 15 is 0 Å². The summed E-state index contributed by atoms with van der Waals surface area (Å²) < 4.78 is 5.53. The Labute approximate surface area is 80.2 Å². The Kier molecular flexibility index (Phi) is 1.26. The molecule has 0 saturated carbocycles. The van der Waals surface area contributed by atoms with Crippen molar-refractivity contribution >= 4 is 5.71 Å². The quantitative estimate of drug-likeness (QED) is 0.610. The van der Waals surface area contributed by atoms with Crippen LogP contribution < -0.4 is 4.74 Å².